The molecule has 1 aromatic rings. The van der Waals surface area contributed by atoms with E-state index in [0.717, 1.165) is 24.2 Å². The summed E-state index contributed by atoms with van der Waals surface area (Å²) < 4.78 is 0. The fraction of sp³-hybridized carbons (Fsp3) is 0.250. The SMILES string of the molecule is C=C1CCC(Nc2ccccc2)C(=O)N1. The molecule has 1 aromatic carbocycles. The van der Waals surface area contributed by atoms with Gasteiger partial charge in [0.15, 0.2) is 0 Å². The van der Waals surface area contributed by atoms with Gasteiger partial charge in [-0.3, -0.25) is 4.79 Å². The van der Waals surface area contributed by atoms with Gasteiger partial charge in [-0.05, 0) is 25.0 Å². The van der Waals surface area contributed by atoms with Crippen molar-refractivity contribution in [2.75, 3.05) is 5.32 Å². The Hall–Kier alpha value is -1.77. The molecule has 1 heterocycles. The first-order chi connectivity index (χ1) is 7.25. The number of piperidine rings is 1. The monoisotopic (exact) mass is 202 g/mol. The quantitative estimate of drug-likeness (QED) is 0.769. The zero-order valence-corrected chi connectivity index (χ0v) is 8.49. The molecule has 2 rings (SSSR count). The second kappa shape index (κ2) is 4.17. The van der Waals surface area contributed by atoms with Crippen molar-refractivity contribution in [1.29, 1.82) is 0 Å². The van der Waals surface area contributed by atoms with E-state index >= 15 is 0 Å². The van der Waals surface area contributed by atoms with E-state index in [-0.39, 0.29) is 11.9 Å². The van der Waals surface area contributed by atoms with Gasteiger partial charge in [-0.25, -0.2) is 0 Å². The Bertz CT molecular complexity index is 372. The predicted octanol–water partition coefficient (Wildman–Crippen LogP) is 1.89. The number of hydrogen-bond acceptors (Lipinski definition) is 2. The number of carbonyl (C=O) groups excluding carboxylic acids is 1. The van der Waals surface area contributed by atoms with Crippen LogP contribution in [0.5, 0.6) is 0 Å². The molecule has 0 bridgehead atoms. The second-order valence-corrected chi connectivity index (χ2v) is 3.69. The van der Waals surface area contributed by atoms with E-state index in [2.05, 4.69) is 17.2 Å². The van der Waals surface area contributed by atoms with Crippen LogP contribution in [0.4, 0.5) is 5.69 Å². The van der Waals surface area contributed by atoms with Crippen LogP contribution in [-0.4, -0.2) is 11.9 Å². The Balaban J connectivity index is 2.01. The van der Waals surface area contributed by atoms with E-state index in [9.17, 15) is 4.79 Å². The van der Waals surface area contributed by atoms with Crippen molar-refractivity contribution in [3.05, 3.63) is 42.6 Å². The third-order valence-corrected chi connectivity index (χ3v) is 2.47. The Kier molecular flexibility index (Phi) is 2.72. The average molecular weight is 202 g/mol. The molecule has 3 heteroatoms. The molecule has 78 valence electrons. The van der Waals surface area contributed by atoms with E-state index in [0.29, 0.717) is 0 Å². The van der Waals surface area contributed by atoms with Gasteiger partial charge >= 0.3 is 0 Å². The number of para-hydroxylation sites is 1. The molecular weight excluding hydrogens is 188 g/mol. The molecule has 0 saturated carbocycles. The highest BCUT2D eigenvalue weighted by atomic mass is 16.2. The van der Waals surface area contributed by atoms with Crippen molar-refractivity contribution in [3.8, 4) is 0 Å². The molecule has 0 radical (unpaired) electrons. The molecule has 2 N–H and O–H groups in total. The van der Waals surface area contributed by atoms with E-state index in [1.54, 1.807) is 0 Å². The van der Waals surface area contributed by atoms with E-state index < -0.39 is 0 Å². The normalized spacial score (nSPS) is 20.9. The highest BCUT2D eigenvalue weighted by Gasteiger charge is 2.23. The topological polar surface area (TPSA) is 41.1 Å². The Labute approximate surface area is 89.2 Å². The van der Waals surface area contributed by atoms with E-state index in [1.807, 2.05) is 30.3 Å². The summed E-state index contributed by atoms with van der Waals surface area (Å²) in [6, 6.07) is 9.61. The van der Waals surface area contributed by atoms with Crippen molar-refractivity contribution in [2.45, 2.75) is 18.9 Å². The minimum atomic E-state index is -0.141. The molecule has 1 aliphatic heterocycles. The lowest BCUT2D eigenvalue weighted by molar-refractivity contribution is -0.122. The van der Waals surface area contributed by atoms with Crippen LogP contribution in [0.25, 0.3) is 0 Å². The first-order valence-corrected chi connectivity index (χ1v) is 5.06. The number of rotatable bonds is 2. The number of nitrogens with one attached hydrogen (secondary N) is 2. The maximum Gasteiger partial charge on any atom is 0.246 e. The van der Waals surface area contributed by atoms with E-state index in [1.165, 1.54) is 0 Å². The summed E-state index contributed by atoms with van der Waals surface area (Å²) in [5.74, 6) is 0.00935. The molecule has 1 fully saturated rings. The fourth-order valence-corrected chi connectivity index (χ4v) is 1.65. The summed E-state index contributed by atoms with van der Waals surface area (Å²) >= 11 is 0. The smallest absolute Gasteiger partial charge is 0.246 e. The molecule has 1 unspecified atom stereocenters. The molecule has 1 saturated heterocycles. The van der Waals surface area contributed by atoms with Gasteiger partial charge in [-0.2, -0.15) is 0 Å². The van der Waals surface area contributed by atoms with Crippen LogP contribution in [0.2, 0.25) is 0 Å². The van der Waals surface area contributed by atoms with Gasteiger partial charge in [0.25, 0.3) is 0 Å². The Morgan fingerprint density at radius 2 is 2.07 bits per heavy atom. The zero-order chi connectivity index (χ0) is 10.7. The molecule has 15 heavy (non-hydrogen) atoms. The number of allylic oxidation sites excluding steroid dienone is 1. The van der Waals surface area contributed by atoms with Crippen molar-refractivity contribution in [2.24, 2.45) is 0 Å². The van der Waals surface area contributed by atoms with Gasteiger partial charge in [-0.1, -0.05) is 24.8 Å². The van der Waals surface area contributed by atoms with Crippen LogP contribution in [-0.2, 0) is 4.79 Å². The van der Waals surface area contributed by atoms with Crippen molar-refractivity contribution < 1.29 is 4.79 Å². The van der Waals surface area contributed by atoms with Crippen LogP contribution in [0.3, 0.4) is 0 Å². The zero-order valence-electron chi connectivity index (χ0n) is 8.49. The third-order valence-electron chi connectivity index (χ3n) is 2.47. The molecule has 1 amide bonds. The average Bonchev–Trinajstić information content (AvgIpc) is 2.24. The number of hydrogen-bond donors (Lipinski definition) is 2. The molecule has 0 spiro atoms. The standard InChI is InChI=1S/C12H14N2O/c1-9-7-8-11(12(15)13-9)14-10-5-3-2-4-6-10/h2-6,11,14H,1,7-8H2,(H,13,15). The highest BCUT2D eigenvalue weighted by molar-refractivity contribution is 5.86. The van der Waals surface area contributed by atoms with Crippen LogP contribution < -0.4 is 10.6 Å². The lowest BCUT2D eigenvalue weighted by Gasteiger charge is -2.25. The lowest BCUT2D eigenvalue weighted by Crippen LogP contribution is -2.43. The molecule has 1 aliphatic rings. The molecule has 0 aromatic heterocycles. The molecule has 3 nitrogen and oxygen atoms in total. The Morgan fingerprint density at radius 1 is 1.33 bits per heavy atom. The van der Waals surface area contributed by atoms with Crippen LogP contribution >= 0.6 is 0 Å². The largest absolute Gasteiger partial charge is 0.374 e. The van der Waals surface area contributed by atoms with Gasteiger partial charge in [-0.15, -0.1) is 0 Å². The van der Waals surface area contributed by atoms with E-state index in [4.69, 9.17) is 0 Å². The van der Waals surface area contributed by atoms with Gasteiger partial charge in [0.1, 0.15) is 6.04 Å². The number of anilines is 1. The summed E-state index contributed by atoms with van der Waals surface area (Å²) in [5.41, 5.74) is 1.79. The predicted molar refractivity (Wildman–Crippen MR) is 60.4 cm³/mol. The van der Waals surface area contributed by atoms with Crippen LogP contribution in [0.15, 0.2) is 42.6 Å². The summed E-state index contributed by atoms with van der Waals surface area (Å²) in [6.07, 6.45) is 1.65. The first kappa shape index (κ1) is 9.77. The summed E-state index contributed by atoms with van der Waals surface area (Å²) in [5, 5.41) is 5.95. The Morgan fingerprint density at radius 3 is 2.73 bits per heavy atom. The number of carbonyl (C=O) groups is 1. The minimum Gasteiger partial charge on any atom is -0.374 e. The summed E-state index contributed by atoms with van der Waals surface area (Å²) in [7, 11) is 0. The molecular formula is C12H14N2O. The highest BCUT2D eigenvalue weighted by Crippen LogP contribution is 2.15. The minimum absolute atomic E-state index is 0.00935. The second-order valence-electron chi connectivity index (χ2n) is 3.69. The third kappa shape index (κ3) is 2.37. The van der Waals surface area contributed by atoms with Crippen molar-refractivity contribution in [3.63, 3.8) is 0 Å². The fourth-order valence-electron chi connectivity index (χ4n) is 1.65. The first-order valence-electron chi connectivity index (χ1n) is 5.06. The van der Waals surface area contributed by atoms with Crippen molar-refractivity contribution >= 4 is 11.6 Å². The molecule has 1 atom stereocenters. The maximum absolute atomic E-state index is 11.6. The molecule has 0 aliphatic carbocycles. The van der Waals surface area contributed by atoms with Crippen molar-refractivity contribution in [1.82, 2.24) is 5.32 Å². The number of benzene rings is 1. The van der Waals surface area contributed by atoms with Gasteiger partial charge < -0.3 is 10.6 Å². The summed E-state index contributed by atoms with van der Waals surface area (Å²) in [6.45, 7) is 3.75. The van der Waals surface area contributed by atoms with Gasteiger partial charge in [0.05, 0.1) is 0 Å². The van der Waals surface area contributed by atoms with Gasteiger partial charge in [0, 0.05) is 11.4 Å². The maximum atomic E-state index is 11.6. The van der Waals surface area contributed by atoms with Crippen LogP contribution in [0, 0.1) is 0 Å². The van der Waals surface area contributed by atoms with Gasteiger partial charge in [0.2, 0.25) is 5.91 Å². The summed E-state index contributed by atoms with van der Waals surface area (Å²) in [4.78, 5) is 11.6. The lowest BCUT2D eigenvalue weighted by atomic mass is 10.0. The number of amides is 1. The van der Waals surface area contributed by atoms with Crippen LogP contribution in [0.1, 0.15) is 12.8 Å².